The van der Waals surface area contributed by atoms with E-state index in [9.17, 15) is 8.42 Å². The molecule has 7 heteroatoms. The lowest BCUT2D eigenvalue weighted by Crippen LogP contribution is -2.25. The van der Waals surface area contributed by atoms with Crippen molar-refractivity contribution in [1.82, 2.24) is 19.6 Å². The molecule has 0 saturated carbocycles. The van der Waals surface area contributed by atoms with Crippen molar-refractivity contribution in [3.63, 3.8) is 0 Å². The van der Waals surface area contributed by atoms with Crippen LogP contribution in [-0.2, 0) is 29.7 Å². The Bertz CT molecular complexity index is 711. The number of hydrogen-bond acceptors (Lipinski definition) is 4. The van der Waals surface area contributed by atoms with Crippen LogP contribution < -0.4 is 10.0 Å². The summed E-state index contributed by atoms with van der Waals surface area (Å²) in [6.45, 7) is 2.71. The Morgan fingerprint density at radius 1 is 1.29 bits per heavy atom. The molecule has 0 aliphatic carbocycles. The van der Waals surface area contributed by atoms with E-state index < -0.39 is 10.0 Å². The minimum absolute atomic E-state index is 0.340. The Labute approximate surface area is 124 Å². The summed E-state index contributed by atoms with van der Waals surface area (Å²) in [5.74, 6) is 0. The van der Waals surface area contributed by atoms with E-state index in [-0.39, 0.29) is 0 Å². The van der Waals surface area contributed by atoms with Crippen LogP contribution in [0.15, 0.2) is 41.8 Å². The van der Waals surface area contributed by atoms with E-state index >= 15 is 0 Å². The highest BCUT2D eigenvalue weighted by Gasteiger charge is 2.17. The molecule has 1 aliphatic heterocycles. The molecule has 112 valence electrons. The summed E-state index contributed by atoms with van der Waals surface area (Å²) in [7, 11) is -3.43. The van der Waals surface area contributed by atoms with Gasteiger partial charge in [-0.05, 0) is 29.7 Å². The number of imidazole rings is 1. The summed E-state index contributed by atoms with van der Waals surface area (Å²) in [5.41, 5.74) is 2.24. The van der Waals surface area contributed by atoms with Crippen molar-refractivity contribution in [2.24, 2.45) is 0 Å². The van der Waals surface area contributed by atoms with Crippen molar-refractivity contribution in [2.75, 3.05) is 6.54 Å². The number of aromatic nitrogens is 2. The fourth-order valence-corrected chi connectivity index (χ4v) is 3.53. The third kappa shape index (κ3) is 3.31. The summed E-state index contributed by atoms with van der Waals surface area (Å²) in [4.78, 5) is 4.29. The van der Waals surface area contributed by atoms with Gasteiger partial charge in [-0.25, -0.2) is 18.1 Å². The first kappa shape index (κ1) is 14.2. The molecule has 6 nitrogen and oxygen atoms in total. The molecule has 1 aromatic heterocycles. The number of rotatable bonds is 6. The zero-order chi connectivity index (χ0) is 14.7. The fraction of sp³-hybridized carbons (Fsp3) is 0.357. The van der Waals surface area contributed by atoms with Gasteiger partial charge in [-0.3, -0.25) is 0 Å². The van der Waals surface area contributed by atoms with Gasteiger partial charge in [0.15, 0.2) is 0 Å². The Kier molecular flexibility index (Phi) is 4.05. The number of hydrogen-bond donors (Lipinski definition) is 2. The molecule has 0 radical (unpaired) electrons. The maximum absolute atomic E-state index is 12.2. The maximum atomic E-state index is 12.2. The molecular weight excluding hydrogens is 288 g/mol. The molecule has 2 heterocycles. The van der Waals surface area contributed by atoms with Crippen molar-refractivity contribution >= 4 is 10.0 Å². The van der Waals surface area contributed by atoms with E-state index in [1.165, 1.54) is 5.56 Å². The summed E-state index contributed by atoms with van der Waals surface area (Å²) in [5, 5.41) is 3.21. The van der Waals surface area contributed by atoms with Crippen LogP contribution in [0.2, 0.25) is 0 Å². The SMILES string of the molecule is O=S(=O)(NCCCn1ccnc1)c1ccc2c(c1)CNC2. The first-order chi connectivity index (χ1) is 10.1. The van der Waals surface area contributed by atoms with Crippen LogP contribution in [0, 0.1) is 0 Å². The average Bonchev–Trinajstić information content (AvgIpc) is 3.13. The molecule has 0 saturated heterocycles. The van der Waals surface area contributed by atoms with Crippen LogP contribution in [0.25, 0.3) is 0 Å². The quantitative estimate of drug-likeness (QED) is 0.776. The van der Waals surface area contributed by atoms with Crippen molar-refractivity contribution in [1.29, 1.82) is 0 Å². The normalized spacial score (nSPS) is 14.3. The number of nitrogens with one attached hydrogen (secondary N) is 2. The number of sulfonamides is 1. The Hall–Kier alpha value is -1.70. The third-order valence-corrected chi connectivity index (χ3v) is 5.02. The topological polar surface area (TPSA) is 76.0 Å². The first-order valence-electron chi connectivity index (χ1n) is 6.93. The summed E-state index contributed by atoms with van der Waals surface area (Å²) in [6.07, 6.45) is 6.02. The van der Waals surface area contributed by atoms with E-state index in [1.807, 2.05) is 16.8 Å². The number of fused-ring (bicyclic) bond motifs is 1. The maximum Gasteiger partial charge on any atom is 0.240 e. The predicted molar refractivity (Wildman–Crippen MR) is 79.0 cm³/mol. The molecule has 0 bridgehead atoms. The molecule has 1 aromatic carbocycles. The van der Waals surface area contributed by atoms with E-state index in [4.69, 9.17) is 0 Å². The molecular formula is C14H18N4O2S. The van der Waals surface area contributed by atoms with Gasteiger partial charge in [0.2, 0.25) is 10.0 Å². The molecule has 0 spiro atoms. The van der Waals surface area contributed by atoms with Gasteiger partial charge in [0.05, 0.1) is 11.2 Å². The average molecular weight is 306 g/mol. The zero-order valence-electron chi connectivity index (χ0n) is 11.6. The van der Waals surface area contributed by atoms with Gasteiger partial charge in [-0.15, -0.1) is 0 Å². The van der Waals surface area contributed by atoms with Crippen LogP contribution >= 0.6 is 0 Å². The van der Waals surface area contributed by atoms with E-state index in [0.717, 1.165) is 31.6 Å². The standard InChI is InChI=1S/C14H18N4O2S/c19-21(20,17-4-1-6-18-7-5-15-11-18)14-3-2-12-9-16-10-13(12)8-14/h2-3,5,7-8,11,16-17H,1,4,6,9-10H2. The van der Waals surface area contributed by atoms with Gasteiger partial charge in [0, 0.05) is 38.6 Å². The predicted octanol–water partition coefficient (Wildman–Crippen LogP) is 0.855. The molecule has 3 rings (SSSR count). The molecule has 1 aliphatic rings. The van der Waals surface area contributed by atoms with E-state index in [0.29, 0.717) is 11.4 Å². The van der Waals surface area contributed by atoms with Crippen molar-refractivity contribution in [3.05, 3.63) is 48.0 Å². The lowest BCUT2D eigenvalue weighted by atomic mass is 10.1. The van der Waals surface area contributed by atoms with Gasteiger partial charge in [0.25, 0.3) is 0 Å². The second-order valence-corrected chi connectivity index (χ2v) is 6.85. The molecule has 21 heavy (non-hydrogen) atoms. The molecule has 0 atom stereocenters. The highest BCUT2D eigenvalue weighted by molar-refractivity contribution is 7.89. The fourth-order valence-electron chi connectivity index (χ4n) is 2.41. The van der Waals surface area contributed by atoms with E-state index in [1.54, 1.807) is 24.7 Å². The van der Waals surface area contributed by atoms with Crippen LogP contribution in [0.1, 0.15) is 17.5 Å². The molecule has 2 aromatic rings. The Balaban J connectivity index is 1.59. The number of nitrogens with zero attached hydrogens (tertiary/aromatic N) is 2. The van der Waals surface area contributed by atoms with Crippen molar-refractivity contribution in [2.45, 2.75) is 31.0 Å². The first-order valence-corrected chi connectivity index (χ1v) is 8.41. The van der Waals surface area contributed by atoms with Crippen molar-refractivity contribution in [3.8, 4) is 0 Å². The van der Waals surface area contributed by atoms with Crippen LogP contribution in [0.4, 0.5) is 0 Å². The number of benzene rings is 1. The second-order valence-electron chi connectivity index (χ2n) is 5.09. The summed E-state index contributed by atoms with van der Waals surface area (Å²) < 4.78 is 29.1. The summed E-state index contributed by atoms with van der Waals surface area (Å²) in [6, 6.07) is 5.31. The highest BCUT2D eigenvalue weighted by Crippen LogP contribution is 2.19. The van der Waals surface area contributed by atoms with Gasteiger partial charge in [-0.2, -0.15) is 0 Å². The van der Waals surface area contributed by atoms with E-state index in [2.05, 4.69) is 15.0 Å². The van der Waals surface area contributed by atoms with Crippen LogP contribution in [0.5, 0.6) is 0 Å². The van der Waals surface area contributed by atoms with Gasteiger partial charge in [-0.1, -0.05) is 6.07 Å². The number of aryl methyl sites for hydroxylation is 1. The lowest BCUT2D eigenvalue weighted by molar-refractivity contribution is 0.569. The lowest BCUT2D eigenvalue weighted by Gasteiger charge is -2.08. The smallest absolute Gasteiger partial charge is 0.240 e. The molecule has 0 unspecified atom stereocenters. The third-order valence-electron chi connectivity index (χ3n) is 3.56. The largest absolute Gasteiger partial charge is 0.337 e. The molecule has 0 fully saturated rings. The van der Waals surface area contributed by atoms with Gasteiger partial charge in [0.1, 0.15) is 0 Å². The van der Waals surface area contributed by atoms with Gasteiger partial charge >= 0.3 is 0 Å². The molecule has 2 N–H and O–H groups in total. The minimum atomic E-state index is -3.43. The van der Waals surface area contributed by atoms with Crippen molar-refractivity contribution < 1.29 is 8.42 Å². The van der Waals surface area contributed by atoms with Crippen LogP contribution in [-0.4, -0.2) is 24.5 Å². The Morgan fingerprint density at radius 3 is 2.95 bits per heavy atom. The zero-order valence-corrected chi connectivity index (χ0v) is 12.4. The van der Waals surface area contributed by atoms with Crippen LogP contribution in [0.3, 0.4) is 0 Å². The van der Waals surface area contributed by atoms with Gasteiger partial charge < -0.3 is 9.88 Å². The highest BCUT2D eigenvalue weighted by atomic mass is 32.2. The summed E-state index contributed by atoms with van der Waals surface area (Å²) >= 11 is 0. The monoisotopic (exact) mass is 306 g/mol. The second kappa shape index (κ2) is 5.97. The minimum Gasteiger partial charge on any atom is -0.337 e. The molecule has 0 amide bonds. The Morgan fingerprint density at radius 2 is 2.14 bits per heavy atom.